The van der Waals surface area contributed by atoms with Gasteiger partial charge in [0.15, 0.2) is 0 Å². The maximum absolute atomic E-state index is 13.0. The molecule has 0 aliphatic heterocycles. The molecule has 1 N–H and O–H groups in total. The van der Waals surface area contributed by atoms with Gasteiger partial charge in [-0.05, 0) is 61.0 Å². The van der Waals surface area contributed by atoms with Crippen molar-refractivity contribution in [2.24, 2.45) is 0 Å². The van der Waals surface area contributed by atoms with Crippen molar-refractivity contribution >= 4 is 15.9 Å². The monoisotopic (exact) mass is 355 g/mol. The van der Waals surface area contributed by atoms with Gasteiger partial charge in [-0.2, -0.15) is 0 Å². The second kappa shape index (κ2) is 6.62. The quantitative estimate of drug-likeness (QED) is 0.847. The SMILES string of the molecule is CC(C)(C)NCc1coc(COc2ccc(F)cc2Br)c1. The summed E-state index contributed by atoms with van der Waals surface area (Å²) in [6, 6.07) is 6.28. The first-order valence-electron chi connectivity index (χ1n) is 6.73. The number of hydrogen-bond donors (Lipinski definition) is 1. The van der Waals surface area contributed by atoms with Gasteiger partial charge in [-0.15, -0.1) is 0 Å². The molecule has 0 amide bonds. The maximum atomic E-state index is 13.0. The molecule has 0 fully saturated rings. The number of nitrogens with one attached hydrogen (secondary N) is 1. The van der Waals surface area contributed by atoms with Crippen LogP contribution in [0.1, 0.15) is 32.1 Å². The molecule has 114 valence electrons. The molecule has 0 aliphatic rings. The van der Waals surface area contributed by atoms with Gasteiger partial charge in [0.25, 0.3) is 0 Å². The molecule has 1 aromatic heterocycles. The van der Waals surface area contributed by atoms with E-state index in [4.69, 9.17) is 9.15 Å². The normalized spacial score (nSPS) is 11.7. The van der Waals surface area contributed by atoms with E-state index in [1.165, 1.54) is 12.1 Å². The van der Waals surface area contributed by atoms with Crippen molar-refractivity contribution in [3.05, 3.63) is 52.1 Å². The Morgan fingerprint density at radius 3 is 2.71 bits per heavy atom. The molecular formula is C16H19BrFNO2. The van der Waals surface area contributed by atoms with Crippen molar-refractivity contribution in [2.75, 3.05) is 0 Å². The highest BCUT2D eigenvalue weighted by Crippen LogP contribution is 2.26. The second-order valence-electron chi connectivity index (χ2n) is 5.89. The minimum Gasteiger partial charge on any atom is -0.484 e. The van der Waals surface area contributed by atoms with E-state index in [0.29, 0.717) is 16.8 Å². The van der Waals surface area contributed by atoms with Gasteiger partial charge in [-0.1, -0.05) is 0 Å². The summed E-state index contributed by atoms with van der Waals surface area (Å²) in [4.78, 5) is 0. The molecule has 5 heteroatoms. The lowest BCUT2D eigenvalue weighted by Gasteiger charge is -2.19. The zero-order chi connectivity index (χ0) is 15.5. The van der Waals surface area contributed by atoms with Crippen molar-refractivity contribution in [2.45, 2.75) is 39.5 Å². The number of benzene rings is 1. The third-order valence-electron chi connectivity index (χ3n) is 2.79. The molecule has 3 nitrogen and oxygen atoms in total. The summed E-state index contributed by atoms with van der Waals surface area (Å²) in [5, 5.41) is 3.39. The van der Waals surface area contributed by atoms with E-state index < -0.39 is 0 Å². The molecule has 1 heterocycles. The zero-order valence-corrected chi connectivity index (χ0v) is 14.0. The zero-order valence-electron chi connectivity index (χ0n) is 12.4. The van der Waals surface area contributed by atoms with Crippen LogP contribution in [0.3, 0.4) is 0 Å². The summed E-state index contributed by atoms with van der Waals surface area (Å²) >= 11 is 3.27. The Hall–Kier alpha value is -1.33. The van der Waals surface area contributed by atoms with Crippen LogP contribution in [0.2, 0.25) is 0 Å². The van der Waals surface area contributed by atoms with Crippen LogP contribution in [0.5, 0.6) is 5.75 Å². The molecule has 2 aromatic rings. The van der Waals surface area contributed by atoms with Gasteiger partial charge in [0, 0.05) is 17.6 Å². The molecule has 1 aromatic carbocycles. The highest BCUT2D eigenvalue weighted by Gasteiger charge is 2.10. The lowest BCUT2D eigenvalue weighted by atomic mass is 10.1. The largest absolute Gasteiger partial charge is 0.484 e. The smallest absolute Gasteiger partial charge is 0.146 e. The van der Waals surface area contributed by atoms with E-state index in [1.54, 1.807) is 12.3 Å². The Morgan fingerprint density at radius 2 is 2.05 bits per heavy atom. The van der Waals surface area contributed by atoms with E-state index in [9.17, 15) is 4.39 Å². The van der Waals surface area contributed by atoms with Crippen LogP contribution in [-0.4, -0.2) is 5.54 Å². The lowest BCUT2D eigenvalue weighted by Crippen LogP contribution is -2.34. The molecule has 0 saturated heterocycles. The molecule has 0 unspecified atom stereocenters. The Labute approximate surface area is 132 Å². The third-order valence-corrected chi connectivity index (χ3v) is 3.41. The minimum atomic E-state index is -0.303. The Kier molecular flexibility index (Phi) is 5.06. The number of hydrogen-bond acceptors (Lipinski definition) is 3. The van der Waals surface area contributed by atoms with Crippen molar-refractivity contribution in [1.82, 2.24) is 5.32 Å². The fourth-order valence-corrected chi connectivity index (χ4v) is 2.17. The number of ether oxygens (including phenoxy) is 1. The van der Waals surface area contributed by atoms with Crippen LogP contribution in [0.15, 0.2) is 39.4 Å². The van der Waals surface area contributed by atoms with Gasteiger partial charge >= 0.3 is 0 Å². The first kappa shape index (κ1) is 16.0. The molecule has 21 heavy (non-hydrogen) atoms. The van der Waals surface area contributed by atoms with Crippen molar-refractivity contribution in [3.63, 3.8) is 0 Å². The Bertz CT molecular complexity index is 605. The van der Waals surface area contributed by atoms with Gasteiger partial charge in [0.2, 0.25) is 0 Å². The van der Waals surface area contributed by atoms with E-state index in [0.717, 1.165) is 17.9 Å². The van der Waals surface area contributed by atoms with Gasteiger partial charge in [-0.25, -0.2) is 4.39 Å². The van der Waals surface area contributed by atoms with Crippen LogP contribution < -0.4 is 10.1 Å². The van der Waals surface area contributed by atoms with Crippen molar-refractivity contribution in [3.8, 4) is 5.75 Å². The molecule has 2 rings (SSSR count). The lowest BCUT2D eigenvalue weighted by molar-refractivity contribution is 0.268. The fraction of sp³-hybridized carbons (Fsp3) is 0.375. The van der Waals surface area contributed by atoms with Gasteiger partial charge in [-0.3, -0.25) is 0 Å². The number of halogens is 2. The van der Waals surface area contributed by atoms with E-state index in [2.05, 4.69) is 42.0 Å². The first-order valence-corrected chi connectivity index (χ1v) is 7.52. The van der Waals surface area contributed by atoms with Crippen LogP contribution in [0.25, 0.3) is 0 Å². The summed E-state index contributed by atoms with van der Waals surface area (Å²) in [5.41, 5.74) is 1.13. The molecular weight excluding hydrogens is 337 g/mol. The summed E-state index contributed by atoms with van der Waals surface area (Å²) in [7, 11) is 0. The van der Waals surface area contributed by atoms with Gasteiger partial charge < -0.3 is 14.5 Å². The maximum Gasteiger partial charge on any atom is 0.146 e. The van der Waals surface area contributed by atoms with Crippen LogP contribution in [0, 0.1) is 5.82 Å². The highest BCUT2D eigenvalue weighted by atomic mass is 79.9. The van der Waals surface area contributed by atoms with E-state index >= 15 is 0 Å². The molecule has 0 atom stereocenters. The highest BCUT2D eigenvalue weighted by molar-refractivity contribution is 9.10. The van der Waals surface area contributed by atoms with Crippen molar-refractivity contribution < 1.29 is 13.5 Å². The van der Waals surface area contributed by atoms with E-state index in [-0.39, 0.29) is 11.4 Å². The number of rotatable bonds is 5. The molecule has 0 bridgehead atoms. The first-order chi connectivity index (χ1) is 9.83. The molecule has 0 spiro atoms. The topological polar surface area (TPSA) is 34.4 Å². The van der Waals surface area contributed by atoms with Crippen LogP contribution in [0.4, 0.5) is 4.39 Å². The summed E-state index contributed by atoms with van der Waals surface area (Å²) in [6.45, 7) is 7.39. The van der Waals surface area contributed by atoms with Gasteiger partial charge in [0.1, 0.15) is 23.9 Å². The fourth-order valence-electron chi connectivity index (χ4n) is 1.70. The van der Waals surface area contributed by atoms with Crippen molar-refractivity contribution in [1.29, 1.82) is 0 Å². The van der Waals surface area contributed by atoms with Crippen LogP contribution in [-0.2, 0) is 13.2 Å². The summed E-state index contributed by atoms with van der Waals surface area (Å²) in [6.07, 6.45) is 1.72. The average Bonchev–Trinajstić information content (AvgIpc) is 2.82. The molecule has 0 aliphatic carbocycles. The van der Waals surface area contributed by atoms with Crippen LogP contribution >= 0.6 is 15.9 Å². The predicted octanol–water partition coefficient (Wildman–Crippen LogP) is 4.65. The Balaban J connectivity index is 1.90. The van der Waals surface area contributed by atoms with E-state index in [1.807, 2.05) is 6.07 Å². The molecule has 0 saturated carbocycles. The summed E-state index contributed by atoms with van der Waals surface area (Å²) in [5.74, 6) is 1.02. The van der Waals surface area contributed by atoms with Gasteiger partial charge in [0.05, 0.1) is 10.7 Å². The third kappa shape index (κ3) is 5.17. The standard InChI is InChI=1S/C16H19BrFNO2/c1-16(2,3)19-8-11-6-13(20-9-11)10-21-15-5-4-12(18)7-14(15)17/h4-7,9,19H,8,10H2,1-3H3. The minimum absolute atomic E-state index is 0.0624. The predicted molar refractivity (Wildman–Crippen MR) is 83.7 cm³/mol. The second-order valence-corrected chi connectivity index (χ2v) is 6.74. The average molecular weight is 356 g/mol. The molecule has 0 radical (unpaired) electrons. The Morgan fingerprint density at radius 1 is 1.29 bits per heavy atom. The summed E-state index contributed by atoms with van der Waals surface area (Å²) < 4.78 is 24.6. The number of furan rings is 1.